The molecule has 0 N–H and O–H groups in total. The van der Waals surface area contributed by atoms with Crippen molar-refractivity contribution in [3.63, 3.8) is 0 Å². The minimum absolute atomic E-state index is 0.482. The average molecular weight is 397 g/mol. The SMILES string of the molecule is C=C(OCc1ccccc1)/C(=C\C=C(/C)OCc1ccccc1)c1ccc(C)cc1. The number of ether oxygens (including phenoxy) is 2. The van der Waals surface area contributed by atoms with Crippen molar-refractivity contribution < 1.29 is 9.47 Å². The molecule has 3 rings (SSSR count). The van der Waals surface area contributed by atoms with Gasteiger partial charge >= 0.3 is 0 Å². The predicted molar refractivity (Wildman–Crippen MR) is 125 cm³/mol. The fourth-order valence-electron chi connectivity index (χ4n) is 2.93. The highest BCUT2D eigenvalue weighted by molar-refractivity contribution is 5.77. The largest absolute Gasteiger partial charge is 0.494 e. The first-order valence-electron chi connectivity index (χ1n) is 10.1. The van der Waals surface area contributed by atoms with E-state index in [0.29, 0.717) is 19.0 Å². The van der Waals surface area contributed by atoms with Gasteiger partial charge in [-0.25, -0.2) is 0 Å². The third kappa shape index (κ3) is 6.52. The highest BCUT2D eigenvalue weighted by Gasteiger charge is 2.08. The van der Waals surface area contributed by atoms with Crippen molar-refractivity contribution in [1.82, 2.24) is 0 Å². The van der Waals surface area contributed by atoms with E-state index in [9.17, 15) is 0 Å². The smallest absolute Gasteiger partial charge is 0.120 e. The quantitative estimate of drug-likeness (QED) is 0.280. The summed E-state index contributed by atoms with van der Waals surface area (Å²) in [6, 6.07) is 28.6. The van der Waals surface area contributed by atoms with Crippen LogP contribution in [-0.4, -0.2) is 0 Å². The van der Waals surface area contributed by atoms with E-state index in [1.807, 2.05) is 67.6 Å². The molecule has 2 heteroatoms. The maximum Gasteiger partial charge on any atom is 0.120 e. The fraction of sp³-hybridized carbons (Fsp3) is 0.143. The van der Waals surface area contributed by atoms with Crippen LogP contribution >= 0.6 is 0 Å². The Kier molecular flexibility index (Phi) is 7.68. The lowest BCUT2D eigenvalue weighted by molar-refractivity contribution is 0.201. The van der Waals surface area contributed by atoms with Crippen LogP contribution in [0.3, 0.4) is 0 Å². The van der Waals surface area contributed by atoms with Crippen molar-refractivity contribution in [1.29, 1.82) is 0 Å². The number of hydrogen-bond donors (Lipinski definition) is 0. The summed E-state index contributed by atoms with van der Waals surface area (Å²) >= 11 is 0. The first kappa shape index (κ1) is 21.2. The molecule has 0 heterocycles. The topological polar surface area (TPSA) is 18.5 Å². The van der Waals surface area contributed by atoms with Gasteiger partial charge < -0.3 is 9.47 Å². The average Bonchev–Trinajstić information content (AvgIpc) is 2.79. The molecule has 0 atom stereocenters. The van der Waals surface area contributed by atoms with E-state index in [1.54, 1.807) is 0 Å². The molecule has 30 heavy (non-hydrogen) atoms. The Morgan fingerprint density at radius 1 is 0.733 bits per heavy atom. The van der Waals surface area contributed by atoms with Gasteiger partial charge in [0.2, 0.25) is 0 Å². The lowest BCUT2D eigenvalue weighted by atomic mass is 10.0. The molecule has 0 saturated carbocycles. The van der Waals surface area contributed by atoms with E-state index < -0.39 is 0 Å². The number of rotatable bonds is 9. The Morgan fingerprint density at radius 2 is 1.27 bits per heavy atom. The summed E-state index contributed by atoms with van der Waals surface area (Å²) < 4.78 is 11.9. The molecule has 0 aliphatic rings. The third-order valence-corrected chi connectivity index (χ3v) is 4.71. The summed E-state index contributed by atoms with van der Waals surface area (Å²) in [5, 5.41) is 0. The van der Waals surface area contributed by atoms with Crippen LogP contribution in [0.5, 0.6) is 0 Å². The van der Waals surface area contributed by atoms with Crippen molar-refractivity contribution in [2.75, 3.05) is 0 Å². The van der Waals surface area contributed by atoms with Crippen molar-refractivity contribution in [2.24, 2.45) is 0 Å². The second kappa shape index (κ2) is 10.9. The Balaban J connectivity index is 1.74. The summed E-state index contributed by atoms with van der Waals surface area (Å²) in [5.41, 5.74) is 5.47. The van der Waals surface area contributed by atoms with E-state index in [-0.39, 0.29) is 0 Å². The second-order valence-electron chi connectivity index (χ2n) is 7.20. The molecule has 0 radical (unpaired) electrons. The van der Waals surface area contributed by atoms with Gasteiger partial charge in [0.05, 0.1) is 5.76 Å². The van der Waals surface area contributed by atoms with Crippen LogP contribution in [0.15, 0.2) is 115 Å². The summed E-state index contributed by atoms with van der Waals surface area (Å²) in [7, 11) is 0. The van der Waals surface area contributed by atoms with E-state index in [4.69, 9.17) is 9.47 Å². The molecule has 0 amide bonds. The molecule has 152 valence electrons. The van der Waals surface area contributed by atoms with Gasteiger partial charge in [0, 0.05) is 5.57 Å². The van der Waals surface area contributed by atoms with Crippen LogP contribution in [0.1, 0.15) is 29.2 Å². The van der Waals surface area contributed by atoms with Crippen LogP contribution in [0.4, 0.5) is 0 Å². The lowest BCUT2D eigenvalue weighted by Crippen LogP contribution is -1.97. The van der Waals surface area contributed by atoms with Crippen molar-refractivity contribution in [3.8, 4) is 0 Å². The highest BCUT2D eigenvalue weighted by Crippen LogP contribution is 2.25. The van der Waals surface area contributed by atoms with Gasteiger partial charge in [-0.2, -0.15) is 0 Å². The van der Waals surface area contributed by atoms with Gasteiger partial charge in [-0.3, -0.25) is 0 Å². The standard InChI is InChI=1S/C28H28O2/c1-22-14-17-27(18-15-22)28(24(3)30-21-26-12-8-5-9-13-26)19-16-23(2)29-20-25-10-6-4-7-11-25/h4-19H,3,20-21H2,1-2H3/b23-16+,28-19+. The lowest BCUT2D eigenvalue weighted by Gasteiger charge is -2.14. The Labute approximate surface area is 179 Å². The van der Waals surface area contributed by atoms with Gasteiger partial charge in [-0.05, 0) is 42.7 Å². The van der Waals surface area contributed by atoms with Crippen LogP contribution in [0.25, 0.3) is 5.57 Å². The summed E-state index contributed by atoms with van der Waals surface area (Å²) in [6.07, 6.45) is 3.98. The van der Waals surface area contributed by atoms with Crippen LogP contribution in [0, 0.1) is 6.92 Å². The van der Waals surface area contributed by atoms with Gasteiger partial charge in [-0.15, -0.1) is 0 Å². The summed E-state index contributed by atoms with van der Waals surface area (Å²) in [5.74, 6) is 1.47. The van der Waals surface area contributed by atoms with E-state index in [2.05, 4.69) is 49.9 Å². The number of benzene rings is 3. The van der Waals surface area contributed by atoms with Gasteiger partial charge in [0.1, 0.15) is 19.0 Å². The molecule has 0 spiro atoms. The minimum atomic E-state index is 0.482. The summed E-state index contributed by atoms with van der Waals surface area (Å²) in [6.45, 7) is 9.24. The second-order valence-corrected chi connectivity index (χ2v) is 7.20. The maximum atomic E-state index is 6.00. The maximum absolute atomic E-state index is 6.00. The monoisotopic (exact) mass is 396 g/mol. The van der Waals surface area contributed by atoms with E-state index in [1.165, 1.54) is 5.56 Å². The minimum Gasteiger partial charge on any atom is -0.494 e. The molecule has 0 aromatic heterocycles. The van der Waals surface area contributed by atoms with Crippen molar-refractivity contribution >= 4 is 5.57 Å². The molecule has 2 nitrogen and oxygen atoms in total. The Morgan fingerprint density at radius 3 is 1.83 bits per heavy atom. The highest BCUT2D eigenvalue weighted by atomic mass is 16.5. The molecule has 0 aliphatic carbocycles. The van der Waals surface area contributed by atoms with Gasteiger partial charge in [0.25, 0.3) is 0 Å². The van der Waals surface area contributed by atoms with Gasteiger partial charge in [-0.1, -0.05) is 97.1 Å². The fourth-order valence-corrected chi connectivity index (χ4v) is 2.93. The number of allylic oxidation sites excluding steroid dienone is 4. The van der Waals surface area contributed by atoms with Crippen LogP contribution in [0.2, 0.25) is 0 Å². The Bertz CT molecular complexity index is 998. The zero-order valence-electron chi connectivity index (χ0n) is 17.7. The van der Waals surface area contributed by atoms with E-state index in [0.717, 1.165) is 28.0 Å². The molecule has 3 aromatic rings. The predicted octanol–water partition coefficient (Wildman–Crippen LogP) is 7.23. The van der Waals surface area contributed by atoms with Gasteiger partial charge in [0.15, 0.2) is 0 Å². The molecule has 0 aliphatic heterocycles. The molecule has 0 unspecified atom stereocenters. The normalized spacial score (nSPS) is 11.8. The Hall–Kier alpha value is -3.52. The molecule has 0 saturated heterocycles. The third-order valence-electron chi connectivity index (χ3n) is 4.71. The van der Waals surface area contributed by atoms with Crippen molar-refractivity contribution in [2.45, 2.75) is 27.1 Å². The molecule has 0 bridgehead atoms. The zero-order chi connectivity index (χ0) is 21.2. The first-order chi connectivity index (χ1) is 14.6. The molecule has 3 aromatic carbocycles. The van der Waals surface area contributed by atoms with Crippen LogP contribution in [-0.2, 0) is 22.7 Å². The number of aryl methyl sites for hydroxylation is 1. The molecule has 0 fully saturated rings. The molecular formula is C28H28O2. The molecular weight excluding hydrogens is 368 g/mol. The zero-order valence-corrected chi connectivity index (χ0v) is 17.7. The summed E-state index contributed by atoms with van der Waals surface area (Å²) in [4.78, 5) is 0. The van der Waals surface area contributed by atoms with E-state index >= 15 is 0 Å². The number of hydrogen-bond acceptors (Lipinski definition) is 2. The van der Waals surface area contributed by atoms with Crippen molar-refractivity contribution in [3.05, 3.63) is 137 Å². The first-order valence-corrected chi connectivity index (χ1v) is 10.1. The van der Waals surface area contributed by atoms with Crippen LogP contribution < -0.4 is 0 Å².